The first-order valence-corrected chi connectivity index (χ1v) is 8.48. The number of hydrogen-bond donors (Lipinski definition) is 1. The first-order valence-electron chi connectivity index (χ1n) is 7.25. The van der Waals surface area contributed by atoms with E-state index in [2.05, 4.69) is 24.1 Å². The van der Waals surface area contributed by atoms with E-state index in [-0.39, 0.29) is 11.7 Å². The molecule has 124 valence electrons. The van der Waals surface area contributed by atoms with E-state index in [9.17, 15) is 4.39 Å². The van der Waals surface area contributed by atoms with Crippen molar-refractivity contribution < 1.29 is 9.13 Å². The molecule has 1 N–H and O–H groups in total. The van der Waals surface area contributed by atoms with Gasteiger partial charge in [0.05, 0.1) is 5.69 Å². The molecule has 7 heteroatoms. The molecule has 2 rings (SSSR count). The van der Waals surface area contributed by atoms with Crippen molar-refractivity contribution in [3.63, 3.8) is 0 Å². The van der Waals surface area contributed by atoms with Crippen LogP contribution in [0.25, 0.3) is 0 Å². The second-order valence-corrected chi connectivity index (χ2v) is 6.75. The van der Waals surface area contributed by atoms with Crippen LogP contribution in [-0.2, 0) is 18.4 Å². The Balaban J connectivity index is 2.30. The highest BCUT2D eigenvalue weighted by atomic mass is 32.2. The van der Waals surface area contributed by atoms with E-state index in [1.165, 1.54) is 23.9 Å². The SMILES string of the molecule is CNC(=S)OCc1nc(C(C)C)c(Sc2cccc(F)c2)n1C. The van der Waals surface area contributed by atoms with E-state index in [0.717, 1.165) is 21.4 Å². The second kappa shape index (κ2) is 7.79. The predicted molar refractivity (Wildman–Crippen MR) is 94.3 cm³/mol. The summed E-state index contributed by atoms with van der Waals surface area (Å²) < 4.78 is 20.8. The fraction of sp³-hybridized carbons (Fsp3) is 0.375. The number of benzene rings is 1. The predicted octanol–water partition coefficient (Wildman–Crippen LogP) is 3.85. The molecule has 0 aliphatic heterocycles. The second-order valence-electron chi connectivity index (χ2n) is 5.32. The zero-order chi connectivity index (χ0) is 17.0. The number of nitrogens with zero attached hydrogens (tertiary/aromatic N) is 2. The molecule has 0 aliphatic carbocycles. The molecular formula is C16H20FN3OS2. The minimum atomic E-state index is -0.244. The quantitative estimate of drug-likeness (QED) is 0.827. The molecule has 0 unspecified atom stereocenters. The molecule has 0 atom stereocenters. The van der Waals surface area contributed by atoms with E-state index >= 15 is 0 Å². The molecule has 0 bridgehead atoms. The van der Waals surface area contributed by atoms with Crippen LogP contribution in [0.2, 0.25) is 0 Å². The average molecular weight is 353 g/mol. The van der Waals surface area contributed by atoms with Crippen LogP contribution in [0.4, 0.5) is 4.39 Å². The Morgan fingerprint density at radius 2 is 2.22 bits per heavy atom. The first-order chi connectivity index (χ1) is 10.9. The average Bonchev–Trinajstić information content (AvgIpc) is 2.82. The van der Waals surface area contributed by atoms with Crippen molar-refractivity contribution in [2.45, 2.75) is 36.3 Å². The Labute approximate surface area is 145 Å². The van der Waals surface area contributed by atoms with Gasteiger partial charge in [-0.3, -0.25) is 0 Å². The highest BCUT2D eigenvalue weighted by Gasteiger charge is 2.19. The van der Waals surface area contributed by atoms with Crippen molar-refractivity contribution in [3.8, 4) is 0 Å². The summed E-state index contributed by atoms with van der Waals surface area (Å²) in [6.07, 6.45) is 0. The summed E-state index contributed by atoms with van der Waals surface area (Å²) in [5.74, 6) is 0.790. The molecule has 0 saturated carbocycles. The highest BCUT2D eigenvalue weighted by molar-refractivity contribution is 7.99. The minimum Gasteiger partial charge on any atom is -0.463 e. The Bertz CT molecular complexity index is 701. The third kappa shape index (κ3) is 4.45. The maximum absolute atomic E-state index is 13.4. The molecule has 1 aromatic carbocycles. The van der Waals surface area contributed by atoms with Gasteiger partial charge in [-0.05, 0) is 36.3 Å². The smallest absolute Gasteiger partial charge is 0.256 e. The number of ether oxygens (including phenoxy) is 1. The normalized spacial score (nSPS) is 10.9. The van der Waals surface area contributed by atoms with Gasteiger partial charge in [0.25, 0.3) is 5.17 Å². The molecule has 4 nitrogen and oxygen atoms in total. The van der Waals surface area contributed by atoms with E-state index in [1.54, 1.807) is 13.1 Å². The Morgan fingerprint density at radius 1 is 1.48 bits per heavy atom. The van der Waals surface area contributed by atoms with Gasteiger partial charge >= 0.3 is 0 Å². The van der Waals surface area contributed by atoms with E-state index < -0.39 is 0 Å². The van der Waals surface area contributed by atoms with E-state index in [1.807, 2.05) is 17.7 Å². The van der Waals surface area contributed by atoms with Crippen LogP contribution in [-0.4, -0.2) is 21.8 Å². The monoisotopic (exact) mass is 353 g/mol. The number of aromatic nitrogens is 2. The van der Waals surface area contributed by atoms with Crippen molar-refractivity contribution in [1.82, 2.24) is 14.9 Å². The molecule has 0 spiro atoms. The lowest BCUT2D eigenvalue weighted by atomic mass is 10.2. The largest absolute Gasteiger partial charge is 0.463 e. The number of halogens is 1. The van der Waals surface area contributed by atoms with Gasteiger partial charge in [-0.25, -0.2) is 9.37 Å². The van der Waals surface area contributed by atoms with Gasteiger partial charge in [-0.1, -0.05) is 31.7 Å². The number of hydrogen-bond acceptors (Lipinski definition) is 4. The molecule has 0 radical (unpaired) electrons. The lowest BCUT2D eigenvalue weighted by Crippen LogP contribution is -2.19. The zero-order valence-corrected chi connectivity index (χ0v) is 15.2. The zero-order valence-electron chi connectivity index (χ0n) is 13.6. The summed E-state index contributed by atoms with van der Waals surface area (Å²) in [6.45, 7) is 4.46. The van der Waals surface area contributed by atoms with Gasteiger partial charge in [0.15, 0.2) is 0 Å². The topological polar surface area (TPSA) is 39.1 Å². The van der Waals surface area contributed by atoms with E-state index in [0.29, 0.717) is 11.8 Å². The van der Waals surface area contributed by atoms with Crippen molar-refractivity contribution in [3.05, 3.63) is 41.6 Å². The molecule has 0 amide bonds. The van der Waals surface area contributed by atoms with Crippen molar-refractivity contribution >= 4 is 29.2 Å². The summed E-state index contributed by atoms with van der Waals surface area (Å²) in [4.78, 5) is 5.51. The number of nitrogens with one attached hydrogen (secondary N) is 1. The van der Waals surface area contributed by atoms with Crippen LogP contribution in [0, 0.1) is 5.82 Å². The minimum absolute atomic E-state index is 0.244. The lowest BCUT2D eigenvalue weighted by molar-refractivity contribution is 0.274. The highest BCUT2D eigenvalue weighted by Crippen LogP contribution is 2.34. The van der Waals surface area contributed by atoms with Gasteiger partial charge < -0.3 is 14.6 Å². The van der Waals surface area contributed by atoms with Crippen molar-refractivity contribution in [1.29, 1.82) is 0 Å². The van der Waals surface area contributed by atoms with Crippen LogP contribution in [0.5, 0.6) is 0 Å². The fourth-order valence-corrected chi connectivity index (χ4v) is 3.25. The third-order valence-electron chi connectivity index (χ3n) is 3.25. The Hall–Kier alpha value is -1.60. The van der Waals surface area contributed by atoms with Crippen LogP contribution in [0.3, 0.4) is 0 Å². The van der Waals surface area contributed by atoms with Gasteiger partial charge in [-0.15, -0.1) is 0 Å². The van der Waals surface area contributed by atoms with Crippen LogP contribution in [0.1, 0.15) is 31.3 Å². The van der Waals surface area contributed by atoms with Gasteiger partial charge in [0, 0.05) is 19.0 Å². The molecule has 1 aromatic heterocycles. The summed E-state index contributed by atoms with van der Waals surface area (Å²) in [7, 11) is 3.65. The summed E-state index contributed by atoms with van der Waals surface area (Å²) in [5.41, 5.74) is 0.968. The van der Waals surface area contributed by atoms with Crippen LogP contribution in [0.15, 0.2) is 34.2 Å². The summed E-state index contributed by atoms with van der Waals surface area (Å²) >= 11 is 6.49. The molecule has 0 fully saturated rings. The molecule has 0 aliphatic rings. The summed E-state index contributed by atoms with van der Waals surface area (Å²) in [5, 5.41) is 4.09. The van der Waals surface area contributed by atoms with Gasteiger partial charge in [-0.2, -0.15) is 0 Å². The molecule has 23 heavy (non-hydrogen) atoms. The van der Waals surface area contributed by atoms with E-state index in [4.69, 9.17) is 17.0 Å². The van der Waals surface area contributed by atoms with Crippen molar-refractivity contribution in [2.24, 2.45) is 7.05 Å². The molecule has 1 heterocycles. The molecular weight excluding hydrogens is 333 g/mol. The standard InChI is InChI=1S/C16H20FN3OS2/c1-10(2)14-15(23-12-7-5-6-11(17)8-12)20(4)13(19-14)9-21-16(22)18-3/h5-8,10H,9H2,1-4H3,(H,18,22). The van der Waals surface area contributed by atoms with Crippen LogP contribution < -0.4 is 5.32 Å². The lowest BCUT2D eigenvalue weighted by Gasteiger charge is -2.09. The fourth-order valence-electron chi connectivity index (χ4n) is 2.02. The Morgan fingerprint density at radius 3 is 2.83 bits per heavy atom. The maximum Gasteiger partial charge on any atom is 0.256 e. The maximum atomic E-state index is 13.4. The number of imidazole rings is 1. The number of rotatable bonds is 5. The molecule has 0 saturated heterocycles. The Kier molecular flexibility index (Phi) is 6.01. The van der Waals surface area contributed by atoms with Crippen molar-refractivity contribution in [2.75, 3.05) is 7.05 Å². The van der Waals surface area contributed by atoms with Crippen LogP contribution >= 0.6 is 24.0 Å². The number of thiocarbonyl (C=S) groups is 1. The molecule has 2 aromatic rings. The van der Waals surface area contributed by atoms with Gasteiger partial charge in [0.1, 0.15) is 23.3 Å². The van der Waals surface area contributed by atoms with Gasteiger partial charge in [0.2, 0.25) is 0 Å². The third-order valence-corrected chi connectivity index (χ3v) is 4.74. The summed E-state index contributed by atoms with van der Waals surface area (Å²) in [6, 6.07) is 6.55. The first kappa shape index (κ1) is 17.7.